The molecule has 104 valence electrons. The lowest BCUT2D eigenvalue weighted by atomic mass is 10.3. The summed E-state index contributed by atoms with van der Waals surface area (Å²) in [6.45, 7) is 1.71. The van der Waals surface area contributed by atoms with Crippen LogP contribution in [0.15, 0.2) is 35.5 Å². The molecule has 6 nitrogen and oxygen atoms in total. The summed E-state index contributed by atoms with van der Waals surface area (Å²) in [5.74, 6) is -0.371. The van der Waals surface area contributed by atoms with Crippen molar-refractivity contribution in [1.29, 1.82) is 0 Å². The monoisotopic (exact) mass is 290 g/mol. The number of para-hydroxylation sites is 2. The van der Waals surface area contributed by atoms with Crippen LogP contribution in [0, 0.1) is 0 Å². The summed E-state index contributed by atoms with van der Waals surface area (Å²) in [4.78, 5) is 31.5. The molecular formula is C13H14N4O2S. The zero-order valence-electron chi connectivity index (χ0n) is 11.1. The molecule has 20 heavy (non-hydrogen) atoms. The molecule has 0 spiro atoms. The molecule has 0 bridgehead atoms. The van der Waals surface area contributed by atoms with E-state index < -0.39 is 11.3 Å². The Morgan fingerprint density at radius 3 is 2.65 bits per heavy atom. The first-order valence-electron chi connectivity index (χ1n) is 6.01. The molecule has 0 radical (unpaired) electrons. The Hall–Kier alpha value is -2.15. The number of amides is 3. The van der Waals surface area contributed by atoms with Gasteiger partial charge in [0.2, 0.25) is 5.91 Å². The van der Waals surface area contributed by atoms with Crippen LogP contribution in [-0.4, -0.2) is 34.2 Å². The van der Waals surface area contributed by atoms with E-state index in [0.717, 1.165) is 11.0 Å². The molecule has 0 aliphatic carbocycles. The summed E-state index contributed by atoms with van der Waals surface area (Å²) >= 11 is 1.25. The number of thioether (sulfide) groups is 1. The van der Waals surface area contributed by atoms with Crippen molar-refractivity contribution in [2.75, 3.05) is 7.05 Å². The molecular weight excluding hydrogens is 276 g/mol. The van der Waals surface area contributed by atoms with Crippen LogP contribution in [0.2, 0.25) is 0 Å². The number of nitrogens with one attached hydrogen (secondary N) is 2. The van der Waals surface area contributed by atoms with E-state index in [1.54, 1.807) is 13.1 Å². The summed E-state index contributed by atoms with van der Waals surface area (Å²) in [6.07, 6.45) is 1.62. The first-order chi connectivity index (χ1) is 9.60. The van der Waals surface area contributed by atoms with Crippen LogP contribution < -0.4 is 10.6 Å². The number of aromatic nitrogens is 2. The smallest absolute Gasteiger partial charge is 0.321 e. The molecule has 1 atom stereocenters. The normalized spacial score (nSPS) is 11.9. The van der Waals surface area contributed by atoms with Crippen LogP contribution >= 0.6 is 11.8 Å². The van der Waals surface area contributed by atoms with Gasteiger partial charge < -0.3 is 5.32 Å². The molecule has 0 aliphatic heterocycles. The predicted molar refractivity (Wildman–Crippen MR) is 77.5 cm³/mol. The Kier molecular flexibility index (Phi) is 4.52. The number of carbonyl (C=O) groups is 2. The Morgan fingerprint density at radius 2 is 1.95 bits per heavy atom. The summed E-state index contributed by atoms with van der Waals surface area (Å²) in [5.41, 5.74) is 1.58. The molecule has 3 amide bonds. The van der Waals surface area contributed by atoms with Crippen LogP contribution in [0.1, 0.15) is 6.92 Å². The highest BCUT2D eigenvalue weighted by molar-refractivity contribution is 8.00. The fraction of sp³-hybridized carbons (Fsp3) is 0.231. The van der Waals surface area contributed by atoms with Gasteiger partial charge in [0.05, 0.1) is 22.5 Å². The molecule has 2 aromatic rings. The van der Waals surface area contributed by atoms with E-state index in [2.05, 4.69) is 20.6 Å². The molecule has 2 N–H and O–H groups in total. The van der Waals surface area contributed by atoms with Crippen molar-refractivity contribution in [1.82, 2.24) is 20.6 Å². The van der Waals surface area contributed by atoms with Crippen LogP contribution in [0.5, 0.6) is 0 Å². The van der Waals surface area contributed by atoms with Crippen molar-refractivity contribution in [2.45, 2.75) is 17.2 Å². The van der Waals surface area contributed by atoms with Crippen LogP contribution in [0.3, 0.4) is 0 Å². The Labute approximate surface area is 120 Å². The van der Waals surface area contributed by atoms with Gasteiger partial charge in [0.15, 0.2) is 0 Å². The van der Waals surface area contributed by atoms with Gasteiger partial charge >= 0.3 is 6.03 Å². The van der Waals surface area contributed by atoms with Gasteiger partial charge in [-0.05, 0) is 19.1 Å². The van der Waals surface area contributed by atoms with Gasteiger partial charge in [0.25, 0.3) is 0 Å². The highest BCUT2D eigenvalue weighted by Gasteiger charge is 2.17. The molecule has 0 fully saturated rings. The van der Waals surface area contributed by atoms with Crippen molar-refractivity contribution in [3.05, 3.63) is 30.5 Å². The lowest BCUT2D eigenvalue weighted by molar-refractivity contribution is -0.119. The van der Waals surface area contributed by atoms with Gasteiger partial charge in [-0.3, -0.25) is 15.1 Å². The Balaban J connectivity index is 2.07. The van der Waals surface area contributed by atoms with E-state index >= 15 is 0 Å². The highest BCUT2D eigenvalue weighted by Crippen LogP contribution is 2.22. The van der Waals surface area contributed by atoms with Crippen LogP contribution in [0.25, 0.3) is 11.0 Å². The van der Waals surface area contributed by atoms with Gasteiger partial charge in [-0.2, -0.15) is 0 Å². The zero-order valence-corrected chi connectivity index (χ0v) is 11.9. The van der Waals surface area contributed by atoms with Gasteiger partial charge in [-0.25, -0.2) is 9.78 Å². The van der Waals surface area contributed by atoms with Gasteiger partial charge in [-0.1, -0.05) is 23.9 Å². The first kappa shape index (κ1) is 14.3. The molecule has 1 aromatic heterocycles. The van der Waals surface area contributed by atoms with E-state index in [1.165, 1.54) is 18.8 Å². The van der Waals surface area contributed by atoms with Crippen molar-refractivity contribution < 1.29 is 9.59 Å². The molecule has 0 unspecified atom stereocenters. The summed E-state index contributed by atoms with van der Waals surface area (Å²) in [5, 5.41) is 4.76. The number of rotatable bonds is 3. The highest BCUT2D eigenvalue weighted by atomic mass is 32.2. The quantitative estimate of drug-likeness (QED) is 0.838. The second kappa shape index (κ2) is 6.33. The Bertz CT molecular complexity index is 647. The van der Waals surface area contributed by atoms with Gasteiger partial charge in [0, 0.05) is 7.05 Å². The summed E-state index contributed by atoms with van der Waals surface area (Å²) < 4.78 is 0. The molecule has 0 saturated carbocycles. The molecule has 2 rings (SSSR count). The molecule has 1 aromatic carbocycles. The molecule has 0 saturated heterocycles. The van der Waals surface area contributed by atoms with E-state index in [1.807, 2.05) is 24.3 Å². The largest absolute Gasteiger partial charge is 0.341 e. The van der Waals surface area contributed by atoms with Crippen molar-refractivity contribution in [2.24, 2.45) is 0 Å². The predicted octanol–water partition coefficient (Wildman–Crippen LogP) is 1.57. The van der Waals surface area contributed by atoms with E-state index in [9.17, 15) is 9.59 Å². The summed E-state index contributed by atoms with van der Waals surface area (Å²) in [6, 6.07) is 6.99. The number of imide groups is 1. The number of urea groups is 1. The average Bonchev–Trinajstić information content (AvgIpc) is 2.46. The van der Waals surface area contributed by atoms with Gasteiger partial charge in [0.1, 0.15) is 5.03 Å². The second-order valence-corrected chi connectivity index (χ2v) is 5.39. The minimum Gasteiger partial charge on any atom is -0.341 e. The minimum atomic E-state index is -0.521. The third kappa shape index (κ3) is 3.45. The maximum Gasteiger partial charge on any atom is 0.321 e. The van der Waals surface area contributed by atoms with Crippen molar-refractivity contribution in [3.63, 3.8) is 0 Å². The van der Waals surface area contributed by atoms with Crippen LogP contribution in [-0.2, 0) is 4.79 Å². The number of hydrogen-bond acceptors (Lipinski definition) is 5. The third-order valence-electron chi connectivity index (χ3n) is 2.56. The lowest BCUT2D eigenvalue weighted by Gasteiger charge is -2.10. The minimum absolute atomic E-state index is 0.371. The Morgan fingerprint density at radius 1 is 1.25 bits per heavy atom. The van der Waals surface area contributed by atoms with Gasteiger partial charge in [-0.15, -0.1) is 0 Å². The second-order valence-electron chi connectivity index (χ2n) is 4.03. The first-order valence-corrected chi connectivity index (χ1v) is 6.89. The summed E-state index contributed by atoms with van der Waals surface area (Å²) in [7, 11) is 1.45. The number of fused-ring (bicyclic) bond motifs is 1. The number of benzene rings is 1. The van der Waals surface area contributed by atoms with E-state index in [0.29, 0.717) is 5.03 Å². The average molecular weight is 290 g/mol. The maximum absolute atomic E-state index is 11.7. The SMILES string of the molecule is CNC(=O)NC(=O)[C@@H](C)Sc1cnc2ccccc2n1. The number of hydrogen-bond donors (Lipinski definition) is 2. The fourth-order valence-corrected chi connectivity index (χ4v) is 2.30. The third-order valence-corrected chi connectivity index (χ3v) is 3.56. The van der Waals surface area contributed by atoms with Crippen LogP contribution in [0.4, 0.5) is 4.79 Å². The molecule has 0 aliphatic rings. The van der Waals surface area contributed by atoms with E-state index in [4.69, 9.17) is 0 Å². The molecule has 1 heterocycles. The fourth-order valence-electron chi connectivity index (χ4n) is 1.51. The number of nitrogens with zero attached hydrogens (tertiary/aromatic N) is 2. The lowest BCUT2D eigenvalue weighted by Crippen LogP contribution is -2.41. The molecule has 7 heteroatoms. The standard InChI is InChI=1S/C13H14N4O2S/c1-8(12(18)17-13(19)14-2)20-11-7-15-9-5-3-4-6-10(9)16-11/h3-8H,1-2H3,(H2,14,17,18,19)/t8-/m1/s1. The topological polar surface area (TPSA) is 84.0 Å². The number of carbonyl (C=O) groups excluding carboxylic acids is 2. The van der Waals surface area contributed by atoms with Crippen molar-refractivity contribution in [3.8, 4) is 0 Å². The van der Waals surface area contributed by atoms with E-state index in [-0.39, 0.29) is 5.91 Å². The zero-order chi connectivity index (χ0) is 14.5. The van der Waals surface area contributed by atoms with Crippen molar-refractivity contribution >= 4 is 34.7 Å². The maximum atomic E-state index is 11.7.